The fraction of sp³-hybridized carbons (Fsp3) is 0.294. The Balaban J connectivity index is 2.16. The molecule has 1 atom stereocenters. The van der Waals surface area contributed by atoms with Gasteiger partial charge in [-0.1, -0.05) is 44.2 Å². The van der Waals surface area contributed by atoms with Gasteiger partial charge in [0.05, 0.1) is 6.04 Å². The van der Waals surface area contributed by atoms with Crippen molar-refractivity contribution in [3.05, 3.63) is 65.5 Å². The number of anilines is 1. The van der Waals surface area contributed by atoms with Crippen LogP contribution in [0.1, 0.15) is 36.9 Å². The van der Waals surface area contributed by atoms with Crippen molar-refractivity contribution < 1.29 is 4.39 Å². The van der Waals surface area contributed by atoms with Crippen molar-refractivity contribution in [3.63, 3.8) is 0 Å². The summed E-state index contributed by atoms with van der Waals surface area (Å²) in [6.45, 7) is 4.65. The number of nitrogens with two attached hydrogens (primary N) is 1. The molecule has 0 aliphatic rings. The Morgan fingerprint density at radius 2 is 1.70 bits per heavy atom. The van der Waals surface area contributed by atoms with E-state index < -0.39 is 0 Å². The van der Waals surface area contributed by atoms with Gasteiger partial charge in [0.2, 0.25) is 0 Å². The van der Waals surface area contributed by atoms with Gasteiger partial charge in [0, 0.05) is 17.8 Å². The Morgan fingerprint density at radius 1 is 1.05 bits per heavy atom. The minimum atomic E-state index is -0.228. The molecule has 0 saturated heterocycles. The molecule has 3 N–H and O–H groups in total. The first-order valence-corrected chi connectivity index (χ1v) is 6.92. The number of hydrogen-bond donors (Lipinski definition) is 2. The van der Waals surface area contributed by atoms with Crippen LogP contribution >= 0.6 is 0 Å². The maximum Gasteiger partial charge on any atom is 0.128 e. The molecule has 0 radical (unpaired) electrons. The van der Waals surface area contributed by atoms with E-state index in [2.05, 4.69) is 31.3 Å². The smallest absolute Gasteiger partial charge is 0.128 e. The van der Waals surface area contributed by atoms with Crippen LogP contribution in [-0.2, 0) is 0 Å². The maximum absolute atomic E-state index is 13.8. The number of halogens is 1. The molecule has 0 aromatic heterocycles. The maximum atomic E-state index is 13.8. The first kappa shape index (κ1) is 14.5. The van der Waals surface area contributed by atoms with E-state index in [1.807, 2.05) is 18.2 Å². The molecular weight excluding hydrogens is 251 g/mol. The summed E-state index contributed by atoms with van der Waals surface area (Å²) < 4.78 is 13.8. The molecule has 2 aromatic carbocycles. The normalized spacial score (nSPS) is 12.4. The Labute approximate surface area is 119 Å². The minimum absolute atomic E-state index is 0.221. The van der Waals surface area contributed by atoms with Crippen LogP contribution in [0.5, 0.6) is 0 Å². The summed E-state index contributed by atoms with van der Waals surface area (Å²) in [6.07, 6.45) is 0. The van der Waals surface area contributed by atoms with E-state index in [9.17, 15) is 4.39 Å². The van der Waals surface area contributed by atoms with Gasteiger partial charge >= 0.3 is 0 Å². The van der Waals surface area contributed by atoms with Gasteiger partial charge in [0.25, 0.3) is 0 Å². The fourth-order valence-electron chi connectivity index (χ4n) is 2.19. The molecule has 0 aliphatic carbocycles. The molecule has 0 bridgehead atoms. The van der Waals surface area contributed by atoms with E-state index in [4.69, 9.17) is 5.73 Å². The number of nitrogens with one attached hydrogen (secondary N) is 1. The molecule has 2 aromatic rings. The van der Waals surface area contributed by atoms with Crippen molar-refractivity contribution in [1.29, 1.82) is 0 Å². The van der Waals surface area contributed by atoms with E-state index in [0.29, 0.717) is 18.0 Å². The number of rotatable bonds is 5. The molecule has 0 amide bonds. The highest BCUT2D eigenvalue weighted by atomic mass is 19.1. The van der Waals surface area contributed by atoms with Gasteiger partial charge in [-0.2, -0.15) is 0 Å². The highest BCUT2D eigenvalue weighted by Gasteiger charge is 2.13. The fourth-order valence-corrected chi connectivity index (χ4v) is 2.19. The first-order valence-electron chi connectivity index (χ1n) is 6.92. The van der Waals surface area contributed by atoms with Crippen molar-refractivity contribution in [2.75, 3.05) is 11.9 Å². The lowest BCUT2D eigenvalue weighted by Crippen LogP contribution is -2.21. The Bertz CT molecular complexity index is 549. The van der Waals surface area contributed by atoms with Gasteiger partial charge in [0.1, 0.15) is 5.82 Å². The van der Waals surface area contributed by atoms with E-state index in [1.165, 1.54) is 11.6 Å². The van der Waals surface area contributed by atoms with Gasteiger partial charge in [-0.25, -0.2) is 4.39 Å². The second-order valence-corrected chi connectivity index (χ2v) is 5.23. The third-order valence-corrected chi connectivity index (χ3v) is 3.43. The van der Waals surface area contributed by atoms with Crippen molar-refractivity contribution in [3.8, 4) is 0 Å². The van der Waals surface area contributed by atoms with Crippen molar-refractivity contribution >= 4 is 5.69 Å². The first-order chi connectivity index (χ1) is 9.61. The third-order valence-electron chi connectivity index (χ3n) is 3.43. The molecule has 1 unspecified atom stereocenters. The van der Waals surface area contributed by atoms with Gasteiger partial charge in [-0.15, -0.1) is 0 Å². The monoisotopic (exact) mass is 272 g/mol. The SMILES string of the molecule is CC(C)c1ccc(NC(CN)c2ccccc2F)cc1. The zero-order valence-corrected chi connectivity index (χ0v) is 11.9. The van der Waals surface area contributed by atoms with Crippen LogP contribution in [0.25, 0.3) is 0 Å². The van der Waals surface area contributed by atoms with Crippen molar-refractivity contribution in [2.45, 2.75) is 25.8 Å². The van der Waals surface area contributed by atoms with Crippen LogP contribution < -0.4 is 11.1 Å². The quantitative estimate of drug-likeness (QED) is 0.861. The molecule has 0 heterocycles. The second kappa shape index (κ2) is 6.53. The van der Waals surface area contributed by atoms with Gasteiger partial charge in [-0.05, 0) is 29.7 Å². The zero-order chi connectivity index (χ0) is 14.5. The number of hydrogen-bond acceptors (Lipinski definition) is 2. The predicted octanol–water partition coefficient (Wildman–Crippen LogP) is 4.06. The van der Waals surface area contributed by atoms with Crippen LogP contribution in [0.2, 0.25) is 0 Å². The second-order valence-electron chi connectivity index (χ2n) is 5.23. The largest absolute Gasteiger partial charge is 0.377 e. The molecule has 0 saturated carbocycles. The summed E-state index contributed by atoms with van der Waals surface area (Å²) in [5, 5.41) is 3.29. The van der Waals surface area contributed by atoms with E-state index in [-0.39, 0.29) is 11.9 Å². The Hall–Kier alpha value is -1.87. The molecule has 0 aliphatic heterocycles. The van der Waals surface area contributed by atoms with Gasteiger partial charge in [-0.3, -0.25) is 0 Å². The molecule has 0 fully saturated rings. The molecule has 0 spiro atoms. The van der Waals surface area contributed by atoms with E-state index in [0.717, 1.165) is 5.69 Å². The summed E-state index contributed by atoms with van der Waals surface area (Å²) in [5.41, 5.74) is 8.61. The topological polar surface area (TPSA) is 38.0 Å². The van der Waals surface area contributed by atoms with Crippen molar-refractivity contribution in [1.82, 2.24) is 0 Å². The average Bonchev–Trinajstić information content (AvgIpc) is 2.46. The summed E-state index contributed by atoms with van der Waals surface area (Å²) in [6, 6.07) is 14.7. The number of benzene rings is 2. The van der Waals surface area contributed by atoms with E-state index >= 15 is 0 Å². The highest BCUT2D eigenvalue weighted by molar-refractivity contribution is 5.47. The van der Waals surface area contributed by atoms with Crippen LogP contribution in [0.4, 0.5) is 10.1 Å². The van der Waals surface area contributed by atoms with Crippen LogP contribution in [0.3, 0.4) is 0 Å². The zero-order valence-electron chi connectivity index (χ0n) is 11.9. The Kier molecular flexibility index (Phi) is 4.74. The lowest BCUT2D eigenvalue weighted by molar-refractivity contribution is 0.593. The standard InChI is InChI=1S/C17H21FN2/c1-12(2)13-7-9-14(10-8-13)20-17(11-19)15-5-3-4-6-16(15)18/h3-10,12,17,20H,11,19H2,1-2H3. The molecule has 3 heteroatoms. The summed E-state index contributed by atoms with van der Waals surface area (Å²) in [4.78, 5) is 0. The third kappa shape index (κ3) is 3.36. The summed E-state index contributed by atoms with van der Waals surface area (Å²) >= 11 is 0. The lowest BCUT2D eigenvalue weighted by Gasteiger charge is -2.19. The van der Waals surface area contributed by atoms with Gasteiger partial charge < -0.3 is 11.1 Å². The summed E-state index contributed by atoms with van der Waals surface area (Å²) in [5.74, 6) is 0.273. The molecule has 20 heavy (non-hydrogen) atoms. The lowest BCUT2D eigenvalue weighted by atomic mass is 10.0. The predicted molar refractivity (Wildman–Crippen MR) is 82.3 cm³/mol. The minimum Gasteiger partial charge on any atom is -0.377 e. The summed E-state index contributed by atoms with van der Waals surface area (Å²) in [7, 11) is 0. The van der Waals surface area contributed by atoms with Crippen LogP contribution in [0.15, 0.2) is 48.5 Å². The van der Waals surface area contributed by atoms with E-state index in [1.54, 1.807) is 12.1 Å². The highest BCUT2D eigenvalue weighted by Crippen LogP contribution is 2.23. The molecule has 2 nitrogen and oxygen atoms in total. The van der Waals surface area contributed by atoms with Crippen LogP contribution in [0, 0.1) is 5.82 Å². The van der Waals surface area contributed by atoms with Crippen molar-refractivity contribution in [2.24, 2.45) is 5.73 Å². The Morgan fingerprint density at radius 3 is 2.25 bits per heavy atom. The average molecular weight is 272 g/mol. The molecular formula is C17H21FN2. The van der Waals surface area contributed by atoms with Crippen LogP contribution in [-0.4, -0.2) is 6.54 Å². The van der Waals surface area contributed by atoms with Gasteiger partial charge in [0.15, 0.2) is 0 Å². The molecule has 2 rings (SSSR count). The molecule has 106 valence electrons.